The first kappa shape index (κ1) is 20.3. The zero-order valence-corrected chi connectivity index (χ0v) is 18.2. The van der Waals surface area contributed by atoms with Crippen molar-refractivity contribution in [3.05, 3.63) is 89.5 Å². The fourth-order valence-corrected chi connectivity index (χ4v) is 4.89. The molecule has 0 saturated heterocycles. The molecular formula is C25H21NO5S. The average molecular weight is 448 g/mol. The van der Waals surface area contributed by atoms with Gasteiger partial charge in [-0.2, -0.15) is 0 Å². The first-order valence-electron chi connectivity index (χ1n) is 10.3. The molecule has 0 fully saturated rings. The van der Waals surface area contributed by atoms with E-state index in [0.29, 0.717) is 4.91 Å². The van der Waals surface area contributed by atoms with Crippen LogP contribution in [0.15, 0.2) is 72.8 Å². The minimum Gasteiger partial charge on any atom is -0.497 e. The van der Waals surface area contributed by atoms with Gasteiger partial charge in [-0.25, -0.2) is 4.21 Å². The van der Waals surface area contributed by atoms with Crippen molar-refractivity contribution in [2.24, 2.45) is 0 Å². The predicted octanol–water partition coefficient (Wildman–Crippen LogP) is 4.69. The Balaban J connectivity index is 1.31. The Morgan fingerprint density at radius 3 is 2.34 bits per heavy atom. The van der Waals surface area contributed by atoms with Gasteiger partial charge in [-0.15, -0.1) is 0 Å². The number of carbonyl (C=O) groups is 1. The van der Waals surface area contributed by atoms with Crippen LogP contribution in [0.4, 0.5) is 0 Å². The van der Waals surface area contributed by atoms with Crippen molar-refractivity contribution < 1.29 is 23.2 Å². The van der Waals surface area contributed by atoms with Gasteiger partial charge in [0.1, 0.15) is 29.1 Å². The van der Waals surface area contributed by atoms with Crippen LogP contribution >= 0.6 is 0 Å². The lowest BCUT2D eigenvalue weighted by molar-refractivity contribution is -0.114. The number of ether oxygens (including phenoxy) is 3. The van der Waals surface area contributed by atoms with E-state index >= 15 is 0 Å². The molecule has 0 radical (unpaired) electrons. The lowest BCUT2D eigenvalue weighted by atomic mass is 10.1. The number of methoxy groups -OCH3 is 1. The summed E-state index contributed by atoms with van der Waals surface area (Å²) in [5.41, 5.74) is 3.01. The van der Waals surface area contributed by atoms with E-state index in [2.05, 4.69) is 10.8 Å². The average Bonchev–Trinajstić information content (AvgIpc) is 3.38. The van der Waals surface area contributed by atoms with E-state index in [0.717, 1.165) is 52.5 Å². The molecule has 0 spiro atoms. The van der Waals surface area contributed by atoms with Crippen LogP contribution in [-0.4, -0.2) is 17.2 Å². The predicted molar refractivity (Wildman–Crippen MR) is 122 cm³/mol. The van der Waals surface area contributed by atoms with Gasteiger partial charge in [0.25, 0.3) is 5.91 Å². The Bertz CT molecular complexity index is 1220. The normalized spacial score (nSPS) is 19.2. The summed E-state index contributed by atoms with van der Waals surface area (Å²) in [6.07, 6.45) is 3.01. The van der Waals surface area contributed by atoms with E-state index in [-0.39, 0.29) is 12.0 Å². The summed E-state index contributed by atoms with van der Waals surface area (Å²) in [7, 11) is 0.134. The maximum absolute atomic E-state index is 11.9. The Kier molecular flexibility index (Phi) is 5.41. The molecular weight excluding hydrogens is 426 g/mol. The summed E-state index contributed by atoms with van der Waals surface area (Å²) in [5, 5.41) is 0. The molecule has 2 aliphatic rings. The van der Waals surface area contributed by atoms with Crippen molar-refractivity contribution in [1.29, 1.82) is 0 Å². The van der Waals surface area contributed by atoms with Crippen LogP contribution < -0.4 is 18.9 Å². The molecule has 162 valence electrons. The molecule has 0 aromatic heterocycles. The molecule has 1 aliphatic carbocycles. The van der Waals surface area contributed by atoms with Gasteiger partial charge in [0.2, 0.25) is 0 Å². The quantitative estimate of drug-likeness (QED) is 0.594. The Labute approximate surface area is 188 Å². The summed E-state index contributed by atoms with van der Waals surface area (Å²) >= 11 is 0. The standard InChI is InChI=1S/C25H21NO5S/c1-29-17-9-11-19(12-10-17)30-22-4-2-3-20-21(22)13-14-23(20)31-18-7-5-16(6-8-18)24-15-25(27)26-32(24)28/h2-12,15,23H,13-14H2,1H3,(H,26,27)/t23-,32?/m1/s1. The molecule has 1 amide bonds. The minimum atomic E-state index is -1.50. The zero-order valence-electron chi connectivity index (χ0n) is 17.4. The van der Waals surface area contributed by atoms with Gasteiger partial charge in [0.15, 0.2) is 11.0 Å². The van der Waals surface area contributed by atoms with Crippen LogP contribution in [0.2, 0.25) is 0 Å². The fraction of sp³-hybridized carbons (Fsp3) is 0.160. The number of rotatable bonds is 6. The van der Waals surface area contributed by atoms with Crippen LogP contribution in [0.3, 0.4) is 0 Å². The highest BCUT2D eigenvalue weighted by Gasteiger charge is 2.27. The number of nitrogens with one attached hydrogen (secondary N) is 1. The number of amides is 1. The fourth-order valence-electron chi connectivity index (χ4n) is 3.97. The van der Waals surface area contributed by atoms with Gasteiger partial charge in [-0.1, -0.05) is 24.3 Å². The topological polar surface area (TPSA) is 73.9 Å². The number of benzene rings is 3. The van der Waals surface area contributed by atoms with E-state index in [1.807, 2.05) is 60.7 Å². The number of carbonyl (C=O) groups excluding carboxylic acids is 1. The summed E-state index contributed by atoms with van der Waals surface area (Å²) in [6.45, 7) is 0. The molecule has 1 heterocycles. The molecule has 1 aliphatic heterocycles. The van der Waals surface area contributed by atoms with Crippen LogP contribution in [0.1, 0.15) is 29.2 Å². The van der Waals surface area contributed by atoms with Gasteiger partial charge in [0.05, 0.1) is 12.0 Å². The highest BCUT2D eigenvalue weighted by atomic mass is 32.2. The lowest BCUT2D eigenvalue weighted by Gasteiger charge is -2.16. The highest BCUT2D eigenvalue weighted by molar-refractivity contribution is 7.93. The third-order valence-corrected chi connectivity index (χ3v) is 6.67. The van der Waals surface area contributed by atoms with E-state index in [1.54, 1.807) is 7.11 Å². The van der Waals surface area contributed by atoms with Crippen LogP contribution in [0.25, 0.3) is 4.91 Å². The maximum Gasteiger partial charge on any atom is 0.257 e. The molecule has 3 aromatic carbocycles. The first-order valence-corrected chi connectivity index (χ1v) is 11.4. The van der Waals surface area contributed by atoms with Gasteiger partial charge in [0, 0.05) is 11.6 Å². The monoisotopic (exact) mass is 447 g/mol. The molecule has 2 atom stereocenters. The largest absolute Gasteiger partial charge is 0.497 e. The third kappa shape index (κ3) is 3.99. The Morgan fingerprint density at radius 1 is 0.938 bits per heavy atom. The van der Waals surface area contributed by atoms with Crippen molar-refractivity contribution in [2.45, 2.75) is 18.9 Å². The number of hydrogen-bond donors (Lipinski definition) is 1. The zero-order chi connectivity index (χ0) is 22.1. The van der Waals surface area contributed by atoms with Crippen LogP contribution in [0, 0.1) is 0 Å². The van der Waals surface area contributed by atoms with Crippen molar-refractivity contribution >= 4 is 21.8 Å². The molecule has 5 rings (SSSR count). The molecule has 32 heavy (non-hydrogen) atoms. The smallest absolute Gasteiger partial charge is 0.257 e. The SMILES string of the molecule is COc1ccc(Oc2cccc3c2CC[C@H]3Oc2ccc(C3=CC(=O)NS3=O)cc2)cc1. The van der Waals surface area contributed by atoms with Crippen molar-refractivity contribution in [2.75, 3.05) is 7.11 Å². The second-order valence-electron chi connectivity index (χ2n) is 7.51. The molecule has 6 nitrogen and oxygen atoms in total. The minimum absolute atomic E-state index is 0.0710. The van der Waals surface area contributed by atoms with E-state index in [9.17, 15) is 9.00 Å². The number of hydrogen-bond acceptors (Lipinski definition) is 5. The summed E-state index contributed by atoms with van der Waals surface area (Å²) in [4.78, 5) is 11.9. The van der Waals surface area contributed by atoms with Gasteiger partial charge in [-0.3, -0.25) is 9.52 Å². The Hall–Kier alpha value is -3.58. The second kappa shape index (κ2) is 8.51. The Morgan fingerprint density at radius 2 is 1.66 bits per heavy atom. The first-order chi connectivity index (χ1) is 15.6. The van der Waals surface area contributed by atoms with Gasteiger partial charge in [-0.05, 0) is 66.4 Å². The summed E-state index contributed by atoms with van der Waals surface area (Å²) in [6, 6.07) is 20.9. The molecule has 1 unspecified atom stereocenters. The van der Waals surface area contributed by atoms with E-state index in [1.165, 1.54) is 6.08 Å². The third-order valence-electron chi connectivity index (χ3n) is 5.53. The summed E-state index contributed by atoms with van der Waals surface area (Å²) in [5.74, 6) is 2.76. The molecule has 0 saturated carbocycles. The molecule has 7 heteroatoms. The van der Waals surface area contributed by atoms with E-state index < -0.39 is 11.0 Å². The van der Waals surface area contributed by atoms with Crippen molar-refractivity contribution in [3.63, 3.8) is 0 Å². The van der Waals surface area contributed by atoms with Crippen LogP contribution in [-0.2, 0) is 22.2 Å². The molecule has 1 N–H and O–H groups in total. The van der Waals surface area contributed by atoms with Gasteiger partial charge >= 0.3 is 0 Å². The maximum atomic E-state index is 11.9. The number of fused-ring (bicyclic) bond motifs is 1. The van der Waals surface area contributed by atoms with E-state index in [4.69, 9.17) is 14.2 Å². The summed E-state index contributed by atoms with van der Waals surface area (Å²) < 4.78 is 31.9. The van der Waals surface area contributed by atoms with Gasteiger partial charge < -0.3 is 14.2 Å². The molecule has 0 bridgehead atoms. The molecule has 3 aromatic rings. The van der Waals surface area contributed by atoms with Crippen LogP contribution in [0.5, 0.6) is 23.0 Å². The van der Waals surface area contributed by atoms with Crippen molar-refractivity contribution in [1.82, 2.24) is 4.72 Å². The second-order valence-corrected chi connectivity index (χ2v) is 8.70. The lowest BCUT2D eigenvalue weighted by Crippen LogP contribution is -2.16. The van der Waals surface area contributed by atoms with Crippen molar-refractivity contribution in [3.8, 4) is 23.0 Å². The highest BCUT2D eigenvalue weighted by Crippen LogP contribution is 2.41.